The Bertz CT molecular complexity index is 916. The number of aryl methyl sites for hydroxylation is 2. The number of carbonyl (C=O) groups is 2. The second kappa shape index (κ2) is 7.36. The molecule has 1 aromatic heterocycles. The second-order valence-corrected chi connectivity index (χ2v) is 6.61. The van der Waals surface area contributed by atoms with Gasteiger partial charge in [0.25, 0.3) is 5.91 Å². The van der Waals surface area contributed by atoms with Crippen molar-refractivity contribution >= 4 is 28.2 Å². The molecule has 0 fully saturated rings. The molecule has 1 N–H and O–H groups in total. The molecule has 1 amide bonds. The number of hydrogen-bond acceptors (Lipinski definition) is 5. The van der Waals surface area contributed by atoms with Crippen LogP contribution in [0.25, 0.3) is 0 Å². The predicted molar refractivity (Wildman–Crippen MR) is 98.3 cm³/mol. The fourth-order valence-corrected chi connectivity index (χ4v) is 3.03. The molecule has 5 nitrogen and oxygen atoms in total. The molecule has 0 saturated carbocycles. The molecular formula is C19H17N3O2S. The van der Waals surface area contributed by atoms with Crippen LogP contribution in [-0.4, -0.2) is 21.9 Å². The van der Waals surface area contributed by atoms with Crippen molar-refractivity contribution in [3.63, 3.8) is 0 Å². The largest absolute Gasteiger partial charge is 0.296 e. The lowest BCUT2D eigenvalue weighted by Gasteiger charge is -2.08. The highest BCUT2D eigenvalue weighted by atomic mass is 32.1. The van der Waals surface area contributed by atoms with E-state index in [1.165, 1.54) is 11.3 Å². The van der Waals surface area contributed by atoms with E-state index in [0.717, 1.165) is 17.0 Å². The lowest BCUT2D eigenvalue weighted by molar-refractivity contribution is 0.0996. The summed E-state index contributed by atoms with van der Waals surface area (Å²) in [5.74, 6) is -0.549. The average molecular weight is 351 g/mol. The molecule has 0 unspecified atom stereocenters. The molecule has 0 aliphatic rings. The molecule has 0 radical (unpaired) electrons. The number of benzene rings is 2. The summed E-state index contributed by atoms with van der Waals surface area (Å²) in [6.45, 7) is 3.93. The lowest BCUT2D eigenvalue weighted by Crippen LogP contribution is -2.16. The van der Waals surface area contributed by atoms with Crippen LogP contribution < -0.4 is 5.32 Å². The van der Waals surface area contributed by atoms with Crippen molar-refractivity contribution in [2.45, 2.75) is 20.3 Å². The smallest absolute Gasteiger partial charge is 0.258 e. The first-order chi connectivity index (χ1) is 12.1. The number of ketones is 1. The van der Waals surface area contributed by atoms with E-state index < -0.39 is 0 Å². The minimum absolute atomic E-state index is 0.183. The molecule has 2 aromatic carbocycles. The summed E-state index contributed by atoms with van der Waals surface area (Å²) in [6, 6.07) is 14.1. The Kier molecular flexibility index (Phi) is 5.00. The first-order valence-corrected chi connectivity index (χ1v) is 8.74. The molecule has 126 valence electrons. The van der Waals surface area contributed by atoms with Crippen molar-refractivity contribution in [3.05, 3.63) is 75.8 Å². The van der Waals surface area contributed by atoms with Gasteiger partial charge in [-0.1, -0.05) is 66.3 Å². The van der Waals surface area contributed by atoms with Gasteiger partial charge in [-0.05, 0) is 19.4 Å². The second-order valence-electron chi connectivity index (χ2n) is 5.55. The highest BCUT2D eigenvalue weighted by Gasteiger charge is 2.19. The number of nitrogens with one attached hydrogen (secondary N) is 1. The van der Waals surface area contributed by atoms with Gasteiger partial charge in [-0.3, -0.25) is 14.9 Å². The highest BCUT2D eigenvalue weighted by molar-refractivity contribution is 7.15. The average Bonchev–Trinajstić information content (AvgIpc) is 3.09. The first-order valence-electron chi connectivity index (χ1n) is 7.92. The van der Waals surface area contributed by atoms with Gasteiger partial charge >= 0.3 is 0 Å². The van der Waals surface area contributed by atoms with Crippen molar-refractivity contribution < 1.29 is 9.59 Å². The number of carbonyl (C=O) groups excluding carboxylic acids is 2. The molecule has 0 aliphatic heterocycles. The van der Waals surface area contributed by atoms with Crippen molar-refractivity contribution in [1.82, 2.24) is 10.2 Å². The van der Waals surface area contributed by atoms with E-state index in [4.69, 9.17) is 0 Å². The third kappa shape index (κ3) is 3.80. The Morgan fingerprint density at radius 3 is 2.32 bits per heavy atom. The zero-order chi connectivity index (χ0) is 17.8. The topological polar surface area (TPSA) is 72.0 Å². The van der Waals surface area contributed by atoms with Gasteiger partial charge in [0, 0.05) is 11.1 Å². The Labute approximate surface area is 149 Å². The van der Waals surface area contributed by atoms with E-state index in [2.05, 4.69) is 15.5 Å². The standard InChI is InChI=1S/C19H17N3O2S/c1-3-16-21-22-19(25-16)20-18(24)15-7-5-4-6-14(15)17(23)13-10-8-12(2)9-11-13/h4-11H,3H2,1-2H3,(H,20,22,24). The van der Waals surface area contributed by atoms with Gasteiger partial charge in [-0.15, -0.1) is 10.2 Å². The summed E-state index contributed by atoms with van der Waals surface area (Å²) in [5.41, 5.74) is 2.31. The third-order valence-electron chi connectivity index (χ3n) is 3.72. The minimum atomic E-state index is -0.366. The van der Waals surface area contributed by atoms with E-state index in [-0.39, 0.29) is 11.7 Å². The van der Waals surface area contributed by atoms with Crippen molar-refractivity contribution in [3.8, 4) is 0 Å². The van der Waals surface area contributed by atoms with Crippen LogP contribution in [-0.2, 0) is 6.42 Å². The number of aromatic nitrogens is 2. The maximum Gasteiger partial charge on any atom is 0.258 e. The Morgan fingerprint density at radius 1 is 1.00 bits per heavy atom. The van der Waals surface area contributed by atoms with Crippen LogP contribution in [0.2, 0.25) is 0 Å². The van der Waals surface area contributed by atoms with E-state index in [9.17, 15) is 9.59 Å². The van der Waals surface area contributed by atoms with Crippen molar-refractivity contribution in [2.24, 2.45) is 0 Å². The fourth-order valence-electron chi connectivity index (χ4n) is 2.35. The molecule has 3 rings (SSSR count). The molecular weight excluding hydrogens is 334 g/mol. The van der Waals surface area contributed by atoms with Crippen molar-refractivity contribution in [2.75, 3.05) is 5.32 Å². The summed E-state index contributed by atoms with van der Waals surface area (Å²) >= 11 is 1.33. The molecule has 6 heteroatoms. The highest BCUT2D eigenvalue weighted by Crippen LogP contribution is 2.19. The summed E-state index contributed by atoms with van der Waals surface area (Å²) in [7, 11) is 0. The monoisotopic (exact) mass is 351 g/mol. The molecule has 0 saturated heterocycles. The predicted octanol–water partition coefficient (Wildman–Crippen LogP) is 3.89. The summed E-state index contributed by atoms with van der Waals surface area (Å²) in [5, 5.41) is 11.9. The van der Waals surface area contributed by atoms with Crippen LogP contribution >= 0.6 is 11.3 Å². The molecule has 1 heterocycles. The molecule has 0 spiro atoms. The fraction of sp³-hybridized carbons (Fsp3) is 0.158. The summed E-state index contributed by atoms with van der Waals surface area (Å²) in [4.78, 5) is 25.4. The van der Waals surface area contributed by atoms with Crippen LogP contribution in [0.1, 0.15) is 43.8 Å². The Morgan fingerprint density at radius 2 is 1.68 bits per heavy atom. The Hall–Kier alpha value is -2.86. The maximum absolute atomic E-state index is 12.8. The zero-order valence-corrected chi connectivity index (χ0v) is 14.8. The van der Waals surface area contributed by atoms with E-state index in [1.54, 1.807) is 36.4 Å². The lowest BCUT2D eigenvalue weighted by atomic mass is 9.97. The molecule has 25 heavy (non-hydrogen) atoms. The first kappa shape index (κ1) is 17.0. The van der Waals surface area contributed by atoms with Crippen LogP contribution in [0.15, 0.2) is 48.5 Å². The SMILES string of the molecule is CCc1nnc(NC(=O)c2ccccc2C(=O)c2ccc(C)cc2)s1. The number of amides is 1. The molecule has 0 aliphatic carbocycles. The maximum atomic E-state index is 12.8. The van der Waals surface area contributed by atoms with Crippen LogP contribution in [0.4, 0.5) is 5.13 Å². The van der Waals surface area contributed by atoms with Gasteiger partial charge in [0.05, 0.1) is 5.56 Å². The van der Waals surface area contributed by atoms with Gasteiger partial charge in [0.1, 0.15) is 5.01 Å². The van der Waals surface area contributed by atoms with Crippen LogP contribution in [0.5, 0.6) is 0 Å². The molecule has 0 atom stereocenters. The Balaban J connectivity index is 1.88. The molecule has 0 bridgehead atoms. The van der Waals surface area contributed by atoms with E-state index >= 15 is 0 Å². The van der Waals surface area contributed by atoms with E-state index in [1.807, 2.05) is 26.0 Å². The van der Waals surface area contributed by atoms with Gasteiger partial charge in [0.15, 0.2) is 5.78 Å². The normalized spacial score (nSPS) is 10.5. The quantitative estimate of drug-likeness (QED) is 0.708. The molecule has 3 aromatic rings. The van der Waals surface area contributed by atoms with Gasteiger partial charge < -0.3 is 0 Å². The van der Waals surface area contributed by atoms with Gasteiger partial charge in [-0.2, -0.15) is 0 Å². The zero-order valence-electron chi connectivity index (χ0n) is 13.9. The van der Waals surface area contributed by atoms with Gasteiger partial charge in [-0.25, -0.2) is 0 Å². The number of hydrogen-bond donors (Lipinski definition) is 1. The third-order valence-corrected chi connectivity index (χ3v) is 4.70. The van der Waals surface area contributed by atoms with Crippen LogP contribution in [0.3, 0.4) is 0 Å². The minimum Gasteiger partial charge on any atom is -0.296 e. The van der Waals surface area contributed by atoms with Crippen LogP contribution in [0, 0.1) is 6.92 Å². The number of rotatable bonds is 5. The number of anilines is 1. The number of nitrogens with zero attached hydrogens (tertiary/aromatic N) is 2. The summed E-state index contributed by atoms with van der Waals surface area (Å²) < 4.78 is 0. The van der Waals surface area contributed by atoms with Crippen molar-refractivity contribution in [1.29, 1.82) is 0 Å². The van der Waals surface area contributed by atoms with E-state index in [0.29, 0.717) is 21.8 Å². The summed E-state index contributed by atoms with van der Waals surface area (Å²) in [6.07, 6.45) is 0.760. The van der Waals surface area contributed by atoms with Gasteiger partial charge in [0.2, 0.25) is 5.13 Å².